The molecule has 1 aromatic heterocycles. The van der Waals surface area contributed by atoms with E-state index in [2.05, 4.69) is 10.3 Å². The minimum atomic E-state index is -0.485. The highest BCUT2D eigenvalue weighted by Gasteiger charge is 2.23. The lowest BCUT2D eigenvalue weighted by Gasteiger charge is -2.08. The number of fused-ring (bicyclic) bond motifs is 1. The Kier molecular flexibility index (Phi) is 3.40. The Morgan fingerprint density at radius 1 is 1.57 bits per heavy atom. The van der Waals surface area contributed by atoms with Crippen LogP contribution in [0.2, 0.25) is 0 Å². The van der Waals surface area contributed by atoms with Crippen LogP contribution in [0.25, 0.3) is 11.0 Å². The summed E-state index contributed by atoms with van der Waals surface area (Å²) in [6.45, 7) is 0.398. The third-order valence-electron chi connectivity index (χ3n) is 3.56. The predicted molar refractivity (Wildman–Crippen MR) is 76.4 cm³/mol. The molecule has 6 nitrogen and oxygen atoms in total. The molecule has 7 heteroatoms. The lowest BCUT2D eigenvalue weighted by Crippen LogP contribution is -2.26. The molecule has 0 radical (unpaired) electrons. The molecule has 3 rings (SSSR count). The van der Waals surface area contributed by atoms with E-state index in [4.69, 9.17) is 10.5 Å². The fraction of sp³-hybridized carbons (Fsp3) is 0.429. The van der Waals surface area contributed by atoms with Crippen molar-refractivity contribution in [3.63, 3.8) is 0 Å². The normalized spacial score (nSPS) is 14.4. The molecule has 0 unspecified atom stereocenters. The van der Waals surface area contributed by atoms with Crippen molar-refractivity contribution in [1.29, 1.82) is 0 Å². The van der Waals surface area contributed by atoms with Gasteiger partial charge in [-0.25, -0.2) is 9.37 Å². The van der Waals surface area contributed by atoms with Crippen molar-refractivity contribution in [2.75, 3.05) is 12.8 Å². The Hall–Kier alpha value is -2.31. The zero-order valence-corrected chi connectivity index (χ0v) is 11.7. The zero-order valence-electron chi connectivity index (χ0n) is 11.7. The van der Waals surface area contributed by atoms with Gasteiger partial charge in [0.2, 0.25) is 11.9 Å². The average molecular weight is 292 g/mol. The summed E-state index contributed by atoms with van der Waals surface area (Å²) >= 11 is 0. The number of carbonyl (C=O) groups is 1. The number of methoxy groups -OCH3 is 1. The van der Waals surface area contributed by atoms with Crippen molar-refractivity contribution in [1.82, 2.24) is 14.9 Å². The fourth-order valence-corrected chi connectivity index (χ4v) is 2.28. The minimum Gasteiger partial charge on any atom is -0.494 e. The molecule has 0 aliphatic heterocycles. The highest BCUT2D eigenvalue weighted by atomic mass is 19.1. The first-order valence-electron chi connectivity index (χ1n) is 6.87. The van der Waals surface area contributed by atoms with Crippen LogP contribution in [0.15, 0.2) is 12.1 Å². The highest BCUT2D eigenvalue weighted by Crippen LogP contribution is 2.26. The number of halogens is 1. The number of ether oxygens (including phenoxy) is 1. The van der Waals surface area contributed by atoms with Crippen LogP contribution in [0, 0.1) is 5.82 Å². The third kappa shape index (κ3) is 2.76. The van der Waals surface area contributed by atoms with E-state index < -0.39 is 5.82 Å². The molecular formula is C14H17FN4O2. The van der Waals surface area contributed by atoms with Crippen LogP contribution in [0.5, 0.6) is 5.75 Å². The fourth-order valence-electron chi connectivity index (χ4n) is 2.28. The van der Waals surface area contributed by atoms with E-state index in [1.165, 1.54) is 13.2 Å². The summed E-state index contributed by atoms with van der Waals surface area (Å²) in [6.07, 6.45) is 2.42. The molecule has 1 aromatic carbocycles. The number of hydrogen-bond donors (Lipinski definition) is 2. The molecule has 0 bridgehead atoms. The molecule has 0 spiro atoms. The van der Waals surface area contributed by atoms with Gasteiger partial charge in [-0.15, -0.1) is 0 Å². The van der Waals surface area contributed by atoms with Crippen LogP contribution >= 0.6 is 0 Å². The molecular weight excluding hydrogens is 275 g/mol. The maximum absolute atomic E-state index is 13.6. The van der Waals surface area contributed by atoms with E-state index >= 15 is 0 Å². The predicted octanol–water partition coefficient (Wildman–Crippen LogP) is 1.43. The maximum atomic E-state index is 13.6. The highest BCUT2D eigenvalue weighted by molar-refractivity contribution is 5.81. The number of aromatic nitrogens is 2. The van der Waals surface area contributed by atoms with Gasteiger partial charge >= 0.3 is 0 Å². The van der Waals surface area contributed by atoms with E-state index in [-0.39, 0.29) is 17.6 Å². The van der Waals surface area contributed by atoms with Gasteiger partial charge in [-0.05, 0) is 12.8 Å². The van der Waals surface area contributed by atoms with Crippen LogP contribution in [0.4, 0.5) is 10.3 Å². The second kappa shape index (κ2) is 5.23. The second-order valence-electron chi connectivity index (χ2n) is 5.19. The molecule has 1 aliphatic rings. The largest absolute Gasteiger partial charge is 0.494 e. The van der Waals surface area contributed by atoms with Crippen molar-refractivity contribution in [3.05, 3.63) is 17.9 Å². The summed E-state index contributed by atoms with van der Waals surface area (Å²) in [6, 6.07) is 3.17. The van der Waals surface area contributed by atoms with Gasteiger partial charge in [-0.1, -0.05) is 0 Å². The van der Waals surface area contributed by atoms with E-state index in [9.17, 15) is 9.18 Å². The summed E-state index contributed by atoms with van der Waals surface area (Å²) < 4.78 is 20.3. The minimum absolute atomic E-state index is 0.00664. The molecule has 21 heavy (non-hydrogen) atoms. The number of amides is 1. The van der Waals surface area contributed by atoms with Gasteiger partial charge in [0.05, 0.1) is 18.1 Å². The maximum Gasteiger partial charge on any atom is 0.222 e. The molecule has 1 heterocycles. The average Bonchev–Trinajstić information content (AvgIpc) is 3.19. The summed E-state index contributed by atoms with van der Waals surface area (Å²) in [5.74, 6) is -0.100. The van der Waals surface area contributed by atoms with E-state index in [0.717, 1.165) is 12.8 Å². The quantitative estimate of drug-likeness (QED) is 0.873. The van der Waals surface area contributed by atoms with Crippen molar-refractivity contribution in [2.45, 2.75) is 31.8 Å². The first-order chi connectivity index (χ1) is 10.1. The summed E-state index contributed by atoms with van der Waals surface area (Å²) in [4.78, 5) is 15.9. The second-order valence-corrected chi connectivity index (χ2v) is 5.19. The number of nitrogens with two attached hydrogens (primary N) is 1. The van der Waals surface area contributed by atoms with Gasteiger partial charge in [0.15, 0.2) is 11.6 Å². The van der Waals surface area contributed by atoms with Crippen LogP contribution in [-0.2, 0) is 11.3 Å². The van der Waals surface area contributed by atoms with E-state index in [0.29, 0.717) is 30.0 Å². The lowest BCUT2D eigenvalue weighted by molar-refractivity contribution is -0.121. The zero-order chi connectivity index (χ0) is 15.0. The molecule has 1 fully saturated rings. The number of carbonyl (C=O) groups excluding carboxylic acids is 1. The number of rotatable bonds is 5. The van der Waals surface area contributed by atoms with Crippen LogP contribution in [0.3, 0.4) is 0 Å². The van der Waals surface area contributed by atoms with Gasteiger partial charge in [0, 0.05) is 31.1 Å². The number of benzene rings is 1. The van der Waals surface area contributed by atoms with Gasteiger partial charge < -0.3 is 20.4 Å². The number of hydrogen-bond acceptors (Lipinski definition) is 4. The first kappa shape index (κ1) is 13.7. The summed E-state index contributed by atoms with van der Waals surface area (Å²) in [7, 11) is 1.40. The van der Waals surface area contributed by atoms with Gasteiger partial charge in [0.1, 0.15) is 0 Å². The number of nitrogens with one attached hydrogen (secondary N) is 1. The Morgan fingerprint density at radius 3 is 3.00 bits per heavy atom. The van der Waals surface area contributed by atoms with Gasteiger partial charge in [-0.2, -0.15) is 0 Å². The lowest BCUT2D eigenvalue weighted by atomic mass is 10.2. The number of nitrogens with zero attached hydrogens (tertiary/aromatic N) is 2. The monoisotopic (exact) mass is 292 g/mol. The Bertz CT molecular complexity index is 694. The van der Waals surface area contributed by atoms with Crippen molar-refractivity contribution >= 4 is 22.9 Å². The molecule has 3 N–H and O–H groups in total. The van der Waals surface area contributed by atoms with E-state index in [1.807, 2.05) is 0 Å². The smallest absolute Gasteiger partial charge is 0.222 e. The van der Waals surface area contributed by atoms with Crippen LogP contribution in [0.1, 0.15) is 19.3 Å². The van der Waals surface area contributed by atoms with Crippen LogP contribution in [-0.4, -0.2) is 28.6 Å². The van der Waals surface area contributed by atoms with Crippen molar-refractivity contribution < 1.29 is 13.9 Å². The van der Waals surface area contributed by atoms with E-state index in [1.54, 1.807) is 10.6 Å². The Balaban J connectivity index is 1.82. The van der Waals surface area contributed by atoms with Crippen molar-refractivity contribution in [3.8, 4) is 5.75 Å². The Morgan fingerprint density at radius 2 is 2.33 bits per heavy atom. The molecule has 1 aliphatic carbocycles. The standard InChI is InChI=1S/C14H17FN4O2/c1-21-12-7-11-10(6-9(12)15)18-14(16)19(11)5-4-13(20)17-8-2-3-8/h6-8H,2-5H2,1H3,(H2,16,18)(H,17,20). The molecule has 1 amide bonds. The van der Waals surface area contributed by atoms with Crippen molar-refractivity contribution in [2.24, 2.45) is 0 Å². The molecule has 112 valence electrons. The van der Waals surface area contributed by atoms with Crippen LogP contribution < -0.4 is 15.8 Å². The molecule has 1 saturated carbocycles. The number of aryl methyl sites for hydroxylation is 1. The number of nitrogen functional groups attached to an aromatic ring is 1. The molecule has 2 aromatic rings. The third-order valence-corrected chi connectivity index (χ3v) is 3.56. The molecule has 0 atom stereocenters. The first-order valence-corrected chi connectivity index (χ1v) is 6.87. The molecule has 0 saturated heterocycles. The summed E-state index contributed by atoms with van der Waals surface area (Å²) in [5.41, 5.74) is 6.96. The van der Waals surface area contributed by atoms with Gasteiger partial charge in [0.25, 0.3) is 0 Å². The summed E-state index contributed by atoms with van der Waals surface area (Å²) in [5, 5.41) is 2.92. The topological polar surface area (TPSA) is 82.2 Å². The van der Waals surface area contributed by atoms with Gasteiger partial charge in [-0.3, -0.25) is 4.79 Å². The SMILES string of the molecule is COc1cc2c(cc1F)nc(N)n2CCC(=O)NC1CC1. The number of imidazole rings is 1. The Labute approximate surface area is 121 Å². The number of anilines is 1.